The fourth-order valence-corrected chi connectivity index (χ4v) is 12.8. The molecule has 20 aromatic rings. The van der Waals surface area contributed by atoms with Gasteiger partial charge in [0.05, 0.1) is 0 Å². The van der Waals surface area contributed by atoms with Gasteiger partial charge in [0.1, 0.15) is 0 Å². The average Bonchev–Trinajstić information content (AvgIpc) is 0.781. The monoisotopic (exact) mass is 2480 g/mol. The first-order valence-electron chi connectivity index (χ1n) is 52.2. The number of hydrogen-bond donors (Lipinski definition) is 0. The second kappa shape index (κ2) is 55.1. The van der Waals surface area contributed by atoms with Gasteiger partial charge in [-0.1, -0.05) is 197 Å². The summed E-state index contributed by atoms with van der Waals surface area (Å²) in [7, 11) is 0. The first kappa shape index (κ1) is 77.8. The van der Waals surface area contributed by atoms with Crippen molar-refractivity contribution in [2.24, 2.45) is 0 Å². The molecule has 13 heteroatoms. The number of nitrogens with zero attached hydrogens (tertiary/aromatic N) is 9. The van der Waals surface area contributed by atoms with Gasteiger partial charge in [0, 0.05) is 182 Å². The van der Waals surface area contributed by atoms with E-state index in [1.165, 1.54) is 53.9 Å². The predicted molar refractivity (Wildman–Crippen MR) is 540 cm³/mol. The number of benzene rings is 11. The third-order valence-corrected chi connectivity index (χ3v) is 20.0. The second-order valence-corrected chi connectivity index (χ2v) is 29.4. The van der Waals surface area contributed by atoms with Crippen LogP contribution in [0.1, 0.15) is 90.0 Å². The van der Waals surface area contributed by atoms with Crippen LogP contribution < -0.4 is 0 Å². The van der Waals surface area contributed by atoms with Crippen LogP contribution in [0.5, 0.6) is 0 Å². The molecule has 9 heterocycles. The zero-order valence-electron chi connectivity index (χ0n) is 94.6. The van der Waals surface area contributed by atoms with Crippen molar-refractivity contribution in [3.8, 4) is 135 Å². The summed E-state index contributed by atoms with van der Waals surface area (Å²) in [5, 5.41) is 0. The number of rotatable bonds is 12. The summed E-state index contributed by atoms with van der Waals surface area (Å²) in [6, 6.07) is 136. The van der Waals surface area contributed by atoms with Crippen LogP contribution in [-0.4, -0.2) is 44.9 Å². The predicted octanol–water partition coefficient (Wildman–Crippen LogP) is 29.8. The summed E-state index contributed by atoms with van der Waals surface area (Å²) >= 11 is 0. The third-order valence-electron chi connectivity index (χ3n) is 20.0. The van der Waals surface area contributed by atoms with E-state index in [2.05, 4.69) is 119 Å². The Morgan fingerprint density at radius 2 is 0.467 bits per heavy atom. The molecule has 0 atom stereocenters. The molecule has 0 saturated carbocycles. The van der Waals surface area contributed by atoms with E-state index < -0.39 is 48.0 Å². The van der Waals surface area contributed by atoms with Crippen LogP contribution in [0.3, 0.4) is 0 Å². The summed E-state index contributed by atoms with van der Waals surface area (Å²) in [5.74, 6) is 0. The molecule has 11 aromatic carbocycles. The Balaban J connectivity index is 0.000000197. The van der Waals surface area contributed by atoms with Crippen LogP contribution in [0, 0.1) is 124 Å². The van der Waals surface area contributed by atoms with Crippen molar-refractivity contribution in [2.45, 2.75) is 75.7 Å². The first-order valence-corrected chi connectivity index (χ1v) is 41.7. The smallest absolute Gasteiger partial charge is 0.0288 e. The standard InChI is InChI=1S/C18H15N2.3C18H14N.2C13H12N.2C12H10N.4Ir/c1-13-11-18(20-12-14(13)2)16-8-6-15(7-9-16)17-5-3-4-10-19-17;2*1-14-12-18(16-10-6-3-7-11-16)19-13-17(14)15-8-4-2-5-9-15;1-14-7-12-18(19-13-14)17-10-8-16(9-11-17)15-5-3-2-4-6-15;2*1-10-8-13(14-9-11(10)2)12-6-4-3-5-7-12;2*1-10-7-8-12(13-9-10)11-5-3-2-4-6-11;;;;/h3-8,10-12H,1-2H3;3*2-10,12-13H,1H3;2*3-6,8-9H,1-2H3;2*2-5,7-9H,1H3;;;;/q8*-1;;;;/i2D3;1D3;;1D3;2*2D3;2*1D3;;;;. The van der Waals surface area contributed by atoms with E-state index in [4.69, 9.17) is 28.8 Å². The molecule has 0 aliphatic heterocycles. The van der Waals surface area contributed by atoms with Gasteiger partial charge in [-0.2, -0.15) is 0 Å². The maximum Gasteiger partial charge on any atom is 0.0288 e. The van der Waals surface area contributed by atoms with Gasteiger partial charge < -0.3 is 39.9 Å². The minimum Gasteiger partial charge on any atom is -0.304 e. The molecule has 9 nitrogen and oxygen atoms in total. The molecule has 678 valence electrons. The van der Waals surface area contributed by atoms with Crippen molar-refractivity contribution >= 4 is 0 Å². The summed E-state index contributed by atoms with van der Waals surface area (Å²) < 4.78 is 156. The van der Waals surface area contributed by atoms with Crippen molar-refractivity contribution in [1.82, 2.24) is 44.9 Å². The number of aryl methyl sites for hydroxylation is 11. The van der Waals surface area contributed by atoms with E-state index in [0.717, 1.165) is 112 Å². The topological polar surface area (TPSA) is 116 Å². The molecule has 0 N–H and O–H groups in total. The second-order valence-electron chi connectivity index (χ2n) is 29.4. The van der Waals surface area contributed by atoms with Crippen molar-refractivity contribution < 1.29 is 109 Å². The van der Waals surface area contributed by atoms with Crippen LogP contribution in [0.15, 0.2) is 414 Å². The molecule has 0 fully saturated rings. The van der Waals surface area contributed by atoms with Crippen molar-refractivity contribution in [1.29, 1.82) is 0 Å². The number of pyridine rings is 9. The number of hydrogen-bond acceptors (Lipinski definition) is 9. The van der Waals surface area contributed by atoms with E-state index >= 15 is 0 Å². The molecule has 0 bridgehead atoms. The maximum atomic E-state index is 7.82. The quantitative estimate of drug-likeness (QED) is 0.110. The first-order chi connectivity index (χ1) is 72.5. The molecule has 0 aliphatic carbocycles. The van der Waals surface area contributed by atoms with Gasteiger partial charge in [0.25, 0.3) is 0 Å². The van der Waals surface area contributed by atoms with Crippen molar-refractivity contribution in [2.75, 3.05) is 0 Å². The Bertz CT molecular complexity index is 7540. The van der Waals surface area contributed by atoms with Gasteiger partial charge in [-0.15, -0.1) is 275 Å². The fourth-order valence-electron chi connectivity index (χ4n) is 12.8. The van der Waals surface area contributed by atoms with Gasteiger partial charge >= 0.3 is 0 Å². The van der Waals surface area contributed by atoms with E-state index in [9.17, 15) is 0 Å². The van der Waals surface area contributed by atoms with E-state index in [1.54, 1.807) is 112 Å². The van der Waals surface area contributed by atoms with Gasteiger partial charge in [0.2, 0.25) is 0 Å². The fraction of sp³-hybridized carbons (Fsp3) is 0.0902. The molecular weight excluding hydrogens is 2360 g/mol. The van der Waals surface area contributed by atoms with E-state index in [0.29, 0.717) is 44.9 Å². The molecule has 4 radical (unpaired) electrons. The molecule has 0 amide bonds. The van der Waals surface area contributed by atoms with Gasteiger partial charge in [-0.3, -0.25) is 4.98 Å². The van der Waals surface area contributed by atoms with Crippen LogP contribution in [-0.2, 0) is 80.4 Å². The molecule has 20 rings (SSSR count). The van der Waals surface area contributed by atoms with Crippen LogP contribution in [0.2, 0.25) is 0 Å². The molecular formula is C122H101Ir4N9-8. The molecule has 135 heavy (non-hydrogen) atoms. The maximum absolute atomic E-state index is 7.82. The normalized spacial score (nSPS) is 12.9. The summed E-state index contributed by atoms with van der Waals surface area (Å²) in [4.78, 5) is 38.4. The van der Waals surface area contributed by atoms with Crippen LogP contribution in [0.4, 0.5) is 0 Å². The zero-order chi connectivity index (χ0) is 109. The SMILES string of the molecule is Cc1cc(-c2[c-]cccc2)ncc1-c1ccccc1.[2H]C([2H])([2H])c1cc(-c2[c-]cccc2)ncc1-c1ccccc1.[2H]C([2H])([2H])c1ccc(-c2[c-]cc(-c3ccccc3)cc2)nc1.[2H]C([2H])([2H])c1ccc(-c2[c-]cccc2)nc1.[2H]C([2H])([2H])c1ccc(-c2[c-]cccc2)nc1.[2H]C([2H])([2H])c1cnc(-c2[c-]cc(-c3ccccn3)cc2)cc1C.[2H]C([2H])([2H])c1cnc(-c2[c-]cccc2)cc1C.[2H]C([2H])([2H])c1cnc(-c2[c-]cccc2)cc1C.[Ir].[Ir].[Ir].[Ir]. The Hall–Kier alpha value is -13.6. The third kappa shape index (κ3) is 32.1. The van der Waals surface area contributed by atoms with Gasteiger partial charge in [-0.25, -0.2) is 0 Å². The minimum absolute atomic E-state index is 0. The van der Waals surface area contributed by atoms with Gasteiger partial charge in [-0.05, 0) is 189 Å². The molecule has 0 aliphatic rings. The van der Waals surface area contributed by atoms with Crippen LogP contribution >= 0.6 is 0 Å². The average molecular weight is 2480 g/mol. The summed E-state index contributed by atoms with van der Waals surface area (Å²) in [6.07, 6.45) is 13.8. The molecule has 0 unspecified atom stereocenters. The Morgan fingerprint density at radius 3 is 0.748 bits per heavy atom. The van der Waals surface area contributed by atoms with Crippen molar-refractivity contribution in [3.63, 3.8) is 0 Å². The summed E-state index contributed by atoms with van der Waals surface area (Å²) in [6.45, 7) is -7.35. The molecule has 0 saturated heterocycles. The Labute approximate surface area is 881 Å². The zero-order valence-corrected chi connectivity index (χ0v) is 83.2. The minimum atomic E-state index is -2.20. The summed E-state index contributed by atoms with van der Waals surface area (Å²) in [5.41, 5.74) is 26.2. The van der Waals surface area contributed by atoms with Gasteiger partial charge in [0.15, 0.2) is 0 Å². The number of aromatic nitrogens is 9. The van der Waals surface area contributed by atoms with E-state index in [1.807, 2.05) is 267 Å². The largest absolute Gasteiger partial charge is 0.304 e. The van der Waals surface area contributed by atoms with E-state index in [-0.39, 0.29) is 103 Å². The van der Waals surface area contributed by atoms with Crippen LogP contribution in [0.25, 0.3) is 135 Å². The van der Waals surface area contributed by atoms with Crippen molar-refractivity contribution in [3.05, 3.63) is 523 Å². The molecule has 9 aromatic heterocycles. The molecule has 0 spiro atoms. The Morgan fingerprint density at radius 1 is 0.185 bits per heavy atom. The Kier molecular flexibility index (Phi) is 31.8.